The maximum Gasteiger partial charge on any atom is 0.260 e. The van der Waals surface area contributed by atoms with Crippen molar-refractivity contribution in [2.75, 3.05) is 27.1 Å². The number of unbranched alkanes of at least 4 members (excludes halogenated alkanes) is 1. The third-order valence-electron chi connectivity index (χ3n) is 5.57. The molecule has 0 spiro atoms. The number of methoxy groups -OCH3 is 1. The van der Waals surface area contributed by atoms with Gasteiger partial charge in [0.25, 0.3) is 5.91 Å². The van der Waals surface area contributed by atoms with Gasteiger partial charge in [0, 0.05) is 19.2 Å². The molecule has 2 aliphatic heterocycles. The average Bonchev–Trinajstić information content (AvgIpc) is 3.38. The molecule has 158 valence electrons. The highest BCUT2D eigenvalue weighted by atomic mass is 16.7. The van der Waals surface area contributed by atoms with Crippen LogP contribution in [0.2, 0.25) is 0 Å². The zero-order valence-electron chi connectivity index (χ0n) is 17.3. The van der Waals surface area contributed by atoms with Crippen molar-refractivity contribution in [1.29, 1.82) is 0 Å². The average molecular weight is 402 g/mol. The highest BCUT2D eigenvalue weighted by molar-refractivity contribution is 5.87. The van der Waals surface area contributed by atoms with Gasteiger partial charge >= 0.3 is 0 Å². The second-order valence-corrected chi connectivity index (χ2v) is 7.41. The zero-order valence-corrected chi connectivity index (χ0v) is 17.3. The van der Waals surface area contributed by atoms with Gasteiger partial charge in [-0.2, -0.15) is 0 Å². The fourth-order valence-corrected chi connectivity index (χ4v) is 4.19. The normalized spacial score (nSPS) is 19.2. The van der Waals surface area contributed by atoms with Crippen LogP contribution < -0.4 is 9.47 Å². The van der Waals surface area contributed by atoms with Crippen LogP contribution in [-0.4, -0.2) is 55.3 Å². The summed E-state index contributed by atoms with van der Waals surface area (Å²) in [6, 6.07) is 3.36. The molecule has 0 bridgehead atoms. The topological polar surface area (TPSA) is 68.3 Å². The van der Waals surface area contributed by atoms with Gasteiger partial charge in [-0.25, -0.2) is 5.01 Å². The number of ether oxygens (including phenoxy) is 3. The number of hydrazine groups is 1. The molecule has 2 heterocycles. The molecule has 1 aromatic rings. The van der Waals surface area contributed by atoms with E-state index in [2.05, 4.69) is 18.5 Å². The van der Waals surface area contributed by atoms with E-state index in [0.717, 1.165) is 50.5 Å². The number of benzene rings is 1. The summed E-state index contributed by atoms with van der Waals surface area (Å²) < 4.78 is 16.4. The van der Waals surface area contributed by atoms with Crippen molar-refractivity contribution in [1.82, 2.24) is 10.0 Å². The van der Waals surface area contributed by atoms with Crippen molar-refractivity contribution in [2.45, 2.75) is 51.1 Å². The van der Waals surface area contributed by atoms with Crippen molar-refractivity contribution >= 4 is 12.2 Å². The predicted molar refractivity (Wildman–Crippen MR) is 109 cm³/mol. The van der Waals surface area contributed by atoms with Gasteiger partial charge < -0.3 is 14.2 Å². The molecule has 0 unspecified atom stereocenters. The van der Waals surface area contributed by atoms with E-state index in [1.807, 2.05) is 6.07 Å². The van der Waals surface area contributed by atoms with Gasteiger partial charge in [-0.15, -0.1) is 0 Å². The number of rotatable bonds is 10. The standard InChI is InChI=1S/C22H30N2O5/c1-4-6-9-19(18-12-21-20(28-15-29-21)11-16(18)13-25)24(22(26)5-2)23-10-7-8-17(23)14-27-3/h5,11-13,17,19H,2,4,6-10,14-15H2,1,3H3/t17-,19+/m0/s1. The molecule has 3 rings (SSSR count). The van der Waals surface area contributed by atoms with Crippen molar-refractivity contribution in [3.63, 3.8) is 0 Å². The summed E-state index contributed by atoms with van der Waals surface area (Å²) in [7, 11) is 1.67. The Morgan fingerprint density at radius 2 is 2.17 bits per heavy atom. The van der Waals surface area contributed by atoms with Crippen LogP contribution in [0.3, 0.4) is 0 Å². The summed E-state index contributed by atoms with van der Waals surface area (Å²) in [6.45, 7) is 7.27. The number of hydrogen-bond donors (Lipinski definition) is 0. The molecule has 0 radical (unpaired) electrons. The first-order chi connectivity index (χ1) is 14.1. The SMILES string of the molecule is C=CC(=O)N([C@H](CCCC)c1cc2c(cc1C=O)OCO2)N1CCC[C@H]1COC. The van der Waals surface area contributed by atoms with Crippen molar-refractivity contribution in [3.05, 3.63) is 35.9 Å². The molecule has 0 aromatic heterocycles. The molecule has 29 heavy (non-hydrogen) atoms. The molecule has 1 saturated heterocycles. The molecule has 1 aromatic carbocycles. The quantitative estimate of drug-likeness (QED) is 0.441. The number of aldehydes is 1. The van der Waals surface area contributed by atoms with Crippen molar-refractivity contribution in [3.8, 4) is 11.5 Å². The van der Waals surface area contributed by atoms with E-state index in [1.54, 1.807) is 18.2 Å². The van der Waals surface area contributed by atoms with E-state index >= 15 is 0 Å². The fourth-order valence-electron chi connectivity index (χ4n) is 4.19. The van der Waals surface area contributed by atoms with Gasteiger partial charge in [-0.3, -0.25) is 14.6 Å². The highest BCUT2D eigenvalue weighted by Gasteiger charge is 2.37. The highest BCUT2D eigenvalue weighted by Crippen LogP contribution is 2.40. The Morgan fingerprint density at radius 3 is 2.83 bits per heavy atom. The Labute approximate surface area is 172 Å². The molecule has 1 amide bonds. The number of carbonyl (C=O) groups is 2. The molecular formula is C22H30N2O5. The monoisotopic (exact) mass is 402 g/mol. The van der Waals surface area contributed by atoms with Crippen LogP contribution >= 0.6 is 0 Å². The van der Waals surface area contributed by atoms with Crippen molar-refractivity contribution in [2.24, 2.45) is 0 Å². The molecular weight excluding hydrogens is 372 g/mol. The smallest absolute Gasteiger partial charge is 0.260 e. The Hall–Kier alpha value is -2.38. The lowest BCUT2D eigenvalue weighted by atomic mass is 9.95. The van der Waals surface area contributed by atoms with Gasteiger partial charge in [0.15, 0.2) is 17.8 Å². The van der Waals surface area contributed by atoms with E-state index in [1.165, 1.54) is 6.08 Å². The molecule has 0 N–H and O–H groups in total. The van der Waals surface area contributed by atoms with E-state index < -0.39 is 0 Å². The van der Waals surface area contributed by atoms with E-state index in [-0.39, 0.29) is 24.8 Å². The zero-order chi connectivity index (χ0) is 20.8. The number of hydrogen-bond acceptors (Lipinski definition) is 6. The van der Waals surface area contributed by atoms with Crippen LogP contribution in [0.5, 0.6) is 11.5 Å². The second-order valence-electron chi connectivity index (χ2n) is 7.41. The first kappa shape index (κ1) is 21.3. The van der Waals surface area contributed by atoms with E-state index in [0.29, 0.717) is 23.7 Å². The summed E-state index contributed by atoms with van der Waals surface area (Å²) in [5.74, 6) is 0.988. The Balaban J connectivity index is 2.06. The molecule has 0 aliphatic carbocycles. The summed E-state index contributed by atoms with van der Waals surface area (Å²) >= 11 is 0. The number of amides is 1. The molecule has 7 nitrogen and oxygen atoms in total. The van der Waals surface area contributed by atoms with Crippen molar-refractivity contribution < 1.29 is 23.8 Å². The van der Waals surface area contributed by atoms with Gasteiger partial charge in [0.1, 0.15) is 0 Å². The van der Waals surface area contributed by atoms with Crippen LogP contribution in [0, 0.1) is 0 Å². The predicted octanol–water partition coefficient (Wildman–Crippen LogP) is 3.50. The summed E-state index contributed by atoms with van der Waals surface area (Å²) in [6.07, 6.45) is 6.73. The third-order valence-corrected chi connectivity index (χ3v) is 5.57. The molecule has 2 atom stereocenters. The number of nitrogens with zero attached hydrogens (tertiary/aromatic N) is 2. The van der Waals surface area contributed by atoms with Crippen LogP contribution in [0.25, 0.3) is 0 Å². The largest absolute Gasteiger partial charge is 0.454 e. The molecule has 7 heteroatoms. The van der Waals surface area contributed by atoms with Crippen LogP contribution in [0.1, 0.15) is 61.0 Å². The maximum absolute atomic E-state index is 13.0. The summed E-state index contributed by atoms with van der Waals surface area (Å²) in [5.41, 5.74) is 1.29. The minimum Gasteiger partial charge on any atom is -0.454 e. The van der Waals surface area contributed by atoms with Crippen LogP contribution in [0.15, 0.2) is 24.8 Å². The Bertz CT molecular complexity index is 751. The minimum absolute atomic E-state index is 0.113. The minimum atomic E-state index is -0.299. The molecule has 0 saturated carbocycles. The van der Waals surface area contributed by atoms with Gasteiger partial charge in [0.05, 0.1) is 18.7 Å². The molecule has 2 aliphatic rings. The molecule has 1 fully saturated rings. The fraction of sp³-hybridized carbons (Fsp3) is 0.545. The van der Waals surface area contributed by atoms with E-state index in [9.17, 15) is 9.59 Å². The number of fused-ring (bicyclic) bond motifs is 1. The third kappa shape index (κ3) is 4.46. The van der Waals surface area contributed by atoms with Gasteiger partial charge in [-0.1, -0.05) is 26.3 Å². The summed E-state index contributed by atoms with van der Waals surface area (Å²) in [4.78, 5) is 24.9. The van der Waals surface area contributed by atoms with Gasteiger partial charge in [0.2, 0.25) is 6.79 Å². The maximum atomic E-state index is 13.0. The lowest BCUT2D eigenvalue weighted by Gasteiger charge is -2.41. The number of carbonyl (C=O) groups excluding carboxylic acids is 2. The van der Waals surface area contributed by atoms with Crippen LogP contribution in [0.4, 0.5) is 0 Å². The first-order valence-corrected chi connectivity index (χ1v) is 10.2. The lowest BCUT2D eigenvalue weighted by molar-refractivity contribution is -0.155. The van der Waals surface area contributed by atoms with Crippen LogP contribution in [-0.2, 0) is 9.53 Å². The second kappa shape index (κ2) is 9.89. The van der Waals surface area contributed by atoms with Gasteiger partial charge in [-0.05, 0) is 43.0 Å². The lowest BCUT2D eigenvalue weighted by Crippen LogP contribution is -2.51. The van der Waals surface area contributed by atoms with E-state index in [4.69, 9.17) is 14.2 Å². The Kier molecular flexibility index (Phi) is 7.28. The summed E-state index contributed by atoms with van der Waals surface area (Å²) in [5, 5.41) is 3.87. The first-order valence-electron chi connectivity index (χ1n) is 10.2. The Morgan fingerprint density at radius 1 is 1.41 bits per heavy atom.